The molecule has 0 heterocycles. The van der Waals surface area contributed by atoms with E-state index in [1.807, 2.05) is 33.8 Å². The van der Waals surface area contributed by atoms with Crippen LogP contribution in [-0.2, 0) is 14.3 Å². The molecular formula is C21H25NO3. The Morgan fingerprint density at radius 2 is 2.16 bits per heavy atom. The minimum absolute atomic E-state index is 0.0279. The van der Waals surface area contributed by atoms with E-state index in [9.17, 15) is 9.59 Å². The number of carbonyl (C=O) groups excluding carboxylic acids is 2. The molecule has 2 rings (SSSR count). The Morgan fingerprint density at radius 1 is 1.48 bits per heavy atom. The quantitative estimate of drug-likeness (QED) is 0.317. The summed E-state index contributed by atoms with van der Waals surface area (Å²) in [6, 6.07) is 2.14. The van der Waals surface area contributed by atoms with Gasteiger partial charge in [-0.1, -0.05) is 32.1 Å². The van der Waals surface area contributed by atoms with Gasteiger partial charge in [0.2, 0.25) is 0 Å². The molecule has 132 valence electrons. The van der Waals surface area contributed by atoms with E-state index < -0.39 is 6.10 Å². The van der Waals surface area contributed by atoms with E-state index >= 15 is 0 Å². The fraction of sp³-hybridized carbons (Fsp3) is 0.476. The molecular weight excluding hydrogens is 314 g/mol. The molecule has 3 atom stereocenters. The van der Waals surface area contributed by atoms with Crippen molar-refractivity contribution in [1.29, 1.82) is 5.26 Å². The highest BCUT2D eigenvalue weighted by atomic mass is 16.5. The van der Waals surface area contributed by atoms with Crippen LogP contribution in [0.25, 0.3) is 0 Å². The number of ketones is 1. The topological polar surface area (TPSA) is 67.2 Å². The molecule has 2 aliphatic rings. The molecule has 0 amide bonds. The largest absolute Gasteiger partial charge is 0.457 e. The fourth-order valence-corrected chi connectivity index (χ4v) is 3.56. The lowest BCUT2D eigenvalue weighted by Gasteiger charge is -2.13. The van der Waals surface area contributed by atoms with Gasteiger partial charge in [-0.05, 0) is 43.3 Å². The van der Waals surface area contributed by atoms with Crippen molar-refractivity contribution < 1.29 is 14.3 Å². The molecule has 0 aliphatic heterocycles. The average molecular weight is 339 g/mol. The maximum Gasteiger partial charge on any atom is 0.310 e. The number of allylic oxidation sites excluding steroid dienone is 6. The Labute approximate surface area is 149 Å². The number of hydrogen-bond donors (Lipinski definition) is 0. The second-order valence-electron chi connectivity index (χ2n) is 7.27. The summed E-state index contributed by atoms with van der Waals surface area (Å²) in [5.41, 5.74) is 1.84. The van der Waals surface area contributed by atoms with Crippen LogP contribution in [0.4, 0.5) is 0 Å². The van der Waals surface area contributed by atoms with E-state index in [0.717, 1.165) is 5.57 Å². The lowest BCUT2D eigenvalue weighted by molar-refractivity contribution is -0.150. The van der Waals surface area contributed by atoms with Gasteiger partial charge in [0, 0.05) is 11.1 Å². The van der Waals surface area contributed by atoms with Gasteiger partial charge in [0.15, 0.2) is 5.78 Å². The van der Waals surface area contributed by atoms with Crippen LogP contribution in [0.2, 0.25) is 0 Å². The van der Waals surface area contributed by atoms with Crippen molar-refractivity contribution in [3.05, 3.63) is 47.6 Å². The molecule has 1 unspecified atom stereocenters. The van der Waals surface area contributed by atoms with Crippen molar-refractivity contribution in [2.24, 2.45) is 17.3 Å². The highest BCUT2D eigenvalue weighted by Gasteiger charge is 2.62. The standard InChI is InChI=1S/C21H25NO3/c1-6-8-14(12-22)10-16-19(21(16,4)5)20(24)25-18-11-17(23)15(9-7-2)13(18)3/h6-8,10,16,18-19H,2,9,11H2,1,3-5H3/b8-6+,14-10-/t16-,18?,19+/m1/s1. The maximum absolute atomic E-state index is 12.6. The minimum Gasteiger partial charge on any atom is -0.457 e. The summed E-state index contributed by atoms with van der Waals surface area (Å²) in [5, 5.41) is 9.16. The number of carbonyl (C=O) groups is 2. The third kappa shape index (κ3) is 3.66. The predicted molar refractivity (Wildman–Crippen MR) is 96.3 cm³/mol. The molecule has 0 saturated heterocycles. The van der Waals surface area contributed by atoms with Crippen LogP contribution in [0.3, 0.4) is 0 Å². The van der Waals surface area contributed by atoms with Gasteiger partial charge >= 0.3 is 5.97 Å². The molecule has 1 fully saturated rings. The van der Waals surface area contributed by atoms with E-state index in [1.165, 1.54) is 0 Å². The van der Waals surface area contributed by atoms with Gasteiger partial charge in [-0.25, -0.2) is 0 Å². The zero-order valence-electron chi connectivity index (χ0n) is 15.3. The zero-order valence-corrected chi connectivity index (χ0v) is 15.3. The highest BCUT2D eigenvalue weighted by molar-refractivity contribution is 6.00. The molecule has 0 aromatic carbocycles. The Bertz CT molecular complexity index is 731. The lowest BCUT2D eigenvalue weighted by Crippen LogP contribution is -2.20. The van der Waals surface area contributed by atoms with Gasteiger partial charge in [0.25, 0.3) is 0 Å². The number of Topliss-reactive ketones (excluding diaryl/α,β-unsaturated/α-hetero) is 1. The molecule has 4 heteroatoms. The highest BCUT2D eigenvalue weighted by Crippen LogP contribution is 2.60. The first-order valence-electron chi connectivity index (χ1n) is 8.56. The van der Waals surface area contributed by atoms with Crippen molar-refractivity contribution in [2.45, 2.75) is 46.6 Å². The number of ether oxygens (including phenoxy) is 1. The molecule has 0 bridgehead atoms. The average Bonchev–Trinajstić information content (AvgIpc) is 3.00. The van der Waals surface area contributed by atoms with Gasteiger partial charge in [0.1, 0.15) is 6.10 Å². The molecule has 1 saturated carbocycles. The Kier molecular flexibility index (Phi) is 5.47. The summed E-state index contributed by atoms with van der Waals surface area (Å²) < 4.78 is 5.65. The molecule has 0 radical (unpaired) electrons. The smallest absolute Gasteiger partial charge is 0.310 e. The Hall–Kier alpha value is -2.41. The third-order valence-corrected chi connectivity index (χ3v) is 5.27. The zero-order chi connectivity index (χ0) is 18.8. The van der Waals surface area contributed by atoms with E-state index in [4.69, 9.17) is 10.00 Å². The van der Waals surface area contributed by atoms with Crippen molar-refractivity contribution >= 4 is 11.8 Å². The van der Waals surface area contributed by atoms with E-state index in [2.05, 4.69) is 12.6 Å². The Morgan fingerprint density at radius 3 is 2.72 bits per heavy atom. The van der Waals surface area contributed by atoms with Crippen molar-refractivity contribution in [3.8, 4) is 6.07 Å². The van der Waals surface area contributed by atoms with Crippen molar-refractivity contribution in [1.82, 2.24) is 0 Å². The van der Waals surface area contributed by atoms with Crippen molar-refractivity contribution in [3.63, 3.8) is 0 Å². The summed E-state index contributed by atoms with van der Waals surface area (Å²) in [7, 11) is 0. The van der Waals surface area contributed by atoms with Crippen LogP contribution in [0, 0.1) is 28.6 Å². The Balaban J connectivity index is 2.11. The lowest BCUT2D eigenvalue weighted by atomic mass is 10.1. The maximum atomic E-state index is 12.6. The van der Waals surface area contributed by atoms with Crippen molar-refractivity contribution in [2.75, 3.05) is 0 Å². The number of hydrogen-bond acceptors (Lipinski definition) is 4. The molecule has 0 N–H and O–H groups in total. The SMILES string of the molecule is C=CCC1=C(C)C(OC(=O)[C@@H]2[C@@H](/C=C(C#N)/C=C/C)C2(C)C)CC1=O. The van der Waals surface area contributed by atoms with Gasteiger partial charge in [0.05, 0.1) is 18.4 Å². The van der Waals surface area contributed by atoms with Crippen LogP contribution in [0.1, 0.15) is 40.5 Å². The van der Waals surface area contributed by atoms with Gasteiger partial charge in [-0.2, -0.15) is 5.26 Å². The molecule has 0 aromatic heterocycles. The fourth-order valence-electron chi connectivity index (χ4n) is 3.56. The summed E-state index contributed by atoms with van der Waals surface area (Å²) >= 11 is 0. The molecule has 0 spiro atoms. The number of nitrogens with zero attached hydrogens (tertiary/aromatic N) is 1. The first kappa shape index (κ1) is 18.9. The summed E-state index contributed by atoms with van der Waals surface area (Å²) in [4.78, 5) is 24.7. The van der Waals surface area contributed by atoms with Gasteiger partial charge in [-0.15, -0.1) is 6.58 Å². The number of rotatable bonds is 6. The van der Waals surface area contributed by atoms with Crippen LogP contribution >= 0.6 is 0 Å². The van der Waals surface area contributed by atoms with Crippen LogP contribution < -0.4 is 0 Å². The van der Waals surface area contributed by atoms with Gasteiger partial charge in [-0.3, -0.25) is 9.59 Å². The van der Waals surface area contributed by atoms with Crippen LogP contribution in [0.5, 0.6) is 0 Å². The molecule has 0 aromatic rings. The first-order chi connectivity index (χ1) is 11.8. The summed E-state index contributed by atoms with van der Waals surface area (Å²) in [5.74, 6) is -0.574. The monoisotopic (exact) mass is 339 g/mol. The van der Waals surface area contributed by atoms with E-state index in [-0.39, 0.29) is 35.4 Å². The minimum atomic E-state index is -0.470. The third-order valence-electron chi connectivity index (χ3n) is 5.27. The van der Waals surface area contributed by atoms with E-state index in [0.29, 0.717) is 17.6 Å². The second-order valence-corrected chi connectivity index (χ2v) is 7.27. The van der Waals surface area contributed by atoms with Crippen LogP contribution in [-0.4, -0.2) is 17.9 Å². The molecule has 2 aliphatic carbocycles. The first-order valence-corrected chi connectivity index (χ1v) is 8.56. The summed E-state index contributed by atoms with van der Waals surface area (Å²) in [6.07, 6.45) is 7.33. The normalized spacial score (nSPS) is 28.2. The number of nitriles is 1. The molecule has 4 nitrogen and oxygen atoms in total. The van der Waals surface area contributed by atoms with Gasteiger partial charge < -0.3 is 4.74 Å². The number of esters is 1. The van der Waals surface area contributed by atoms with Crippen LogP contribution in [0.15, 0.2) is 47.6 Å². The second kappa shape index (κ2) is 7.23. The molecule has 25 heavy (non-hydrogen) atoms. The van der Waals surface area contributed by atoms with E-state index in [1.54, 1.807) is 18.2 Å². The predicted octanol–water partition coefficient (Wildman–Crippen LogP) is 4.06. The summed E-state index contributed by atoms with van der Waals surface area (Å²) in [6.45, 7) is 11.4.